The van der Waals surface area contributed by atoms with Crippen LogP contribution >= 0.6 is 11.8 Å². The highest BCUT2D eigenvalue weighted by molar-refractivity contribution is 8.18. The first-order valence-corrected chi connectivity index (χ1v) is 11.1. The summed E-state index contributed by atoms with van der Waals surface area (Å²) in [7, 11) is 0. The molecule has 0 aliphatic carbocycles. The van der Waals surface area contributed by atoms with E-state index < -0.39 is 28.6 Å². The molecule has 1 aliphatic heterocycles. The summed E-state index contributed by atoms with van der Waals surface area (Å²) in [4.78, 5) is 48.0. The highest BCUT2D eigenvalue weighted by atomic mass is 32.2. The highest BCUT2D eigenvalue weighted by Crippen LogP contribution is 2.32. The maximum Gasteiger partial charge on any atom is 0.326 e. The molecule has 1 aliphatic rings. The van der Waals surface area contributed by atoms with Crippen LogP contribution in [0.2, 0.25) is 0 Å². The normalized spacial score (nSPS) is 14.6. The molecule has 0 saturated carbocycles. The molecule has 0 aromatic heterocycles. The smallest absolute Gasteiger partial charge is 0.326 e. The minimum Gasteiger partial charge on any atom is -0.489 e. The minimum atomic E-state index is -0.617. The molecule has 0 spiro atoms. The van der Waals surface area contributed by atoms with Crippen LogP contribution in [0, 0.1) is 10.1 Å². The number of nitro groups is 1. The number of unbranched alkanes of at least 4 members (excludes halogenated alkanes) is 1. The maximum absolute atomic E-state index is 12.6. The summed E-state index contributed by atoms with van der Waals surface area (Å²) in [6, 6.07) is 13.0. The van der Waals surface area contributed by atoms with Gasteiger partial charge in [-0.3, -0.25) is 29.4 Å². The molecule has 33 heavy (non-hydrogen) atoms. The van der Waals surface area contributed by atoms with E-state index >= 15 is 0 Å². The average molecular weight is 471 g/mol. The lowest BCUT2D eigenvalue weighted by Crippen LogP contribution is -2.34. The molecule has 0 radical (unpaired) electrons. The summed E-state index contributed by atoms with van der Waals surface area (Å²) < 4.78 is 10.8. The van der Waals surface area contributed by atoms with Crippen LogP contribution in [0.1, 0.15) is 30.9 Å². The molecule has 2 amide bonds. The molecule has 9 nitrogen and oxygen atoms in total. The first-order chi connectivity index (χ1) is 15.9. The van der Waals surface area contributed by atoms with Gasteiger partial charge in [-0.15, -0.1) is 0 Å². The van der Waals surface area contributed by atoms with Crippen molar-refractivity contribution in [1.29, 1.82) is 0 Å². The van der Waals surface area contributed by atoms with Gasteiger partial charge in [-0.25, -0.2) is 0 Å². The predicted molar refractivity (Wildman–Crippen MR) is 122 cm³/mol. The number of carbonyl (C=O) groups excluding carboxylic acids is 3. The third-order valence-electron chi connectivity index (χ3n) is 4.63. The second-order valence-electron chi connectivity index (χ2n) is 7.13. The fourth-order valence-electron chi connectivity index (χ4n) is 2.87. The number of esters is 1. The van der Waals surface area contributed by atoms with Crippen LogP contribution in [0.25, 0.3) is 6.08 Å². The molecule has 1 fully saturated rings. The Morgan fingerprint density at radius 2 is 1.94 bits per heavy atom. The molecule has 3 rings (SSSR count). The van der Waals surface area contributed by atoms with E-state index in [4.69, 9.17) is 9.47 Å². The van der Waals surface area contributed by atoms with Gasteiger partial charge in [0, 0.05) is 12.1 Å². The molecule has 1 heterocycles. The Morgan fingerprint density at radius 1 is 1.18 bits per heavy atom. The monoisotopic (exact) mass is 470 g/mol. The molecule has 0 N–H and O–H groups in total. The fourth-order valence-corrected chi connectivity index (χ4v) is 3.71. The minimum absolute atomic E-state index is 0.00363. The number of amides is 2. The molecular formula is C23H22N2O7S. The van der Waals surface area contributed by atoms with Crippen molar-refractivity contribution in [3.8, 4) is 5.75 Å². The van der Waals surface area contributed by atoms with Crippen molar-refractivity contribution in [1.82, 2.24) is 4.90 Å². The number of hydrogen-bond donors (Lipinski definition) is 0. The Kier molecular flexibility index (Phi) is 8.20. The second-order valence-corrected chi connectivity index (χ2v) is 8.12. The predicted octanol–water partition coefficient (Wildman–Crippen LogP) is 4.55. The molecule has 10 heteroatoms. The van der Waals surface area contributed by atoms with E-state index in [1.807, 2.05) is 6.92 Å². The van der Waals surface area contributed by atoms with Gasteiger partial charge >= 0.3 is 5.97 Å². The van der Waals surface area contributed by atoms with E-state index in [1.54, 1.807) is 42.5 Å². The van der Waals surface area contributed by atoms with Crippen molar-refractivity contribution >= 4 is 40.6 Å². The SMILES string of the molecule is CCCCOC(=O)CN1C(=O)S/C(=C/c2cccc(OCc3ccc([N+](=O)[O-])cc3)c2)C1=O. The summed E-state index contributed by atoms with van der Waals surface area (Å²) in [6.07, 6.45) is 3.15. The highest BCUT2D eigenvalue weighted by Gasteiger charge is 2.36. The van der Waals surface area contributed by atoms with Crippen LogP contribution in [0.15, 0.2) is 53.4 Å². The average Bonchev–Trinajstić information content (AvgIpc) is 3.05. The molecule has 0 unspecified atom stereocenters. The van der Waals surface area contributed by atoms with Gasteiger partial charge in [0.15, 0.2) is 0 Å². The topological polar surface area (TPSA) is 116 Å². The number of benzene rings is 2. The van der Waals surface area contributed by atoms with Crippen LogP contribution in [0.5, 0.6) is 5.75 Å². The number of carbonyl (C=O) groups is 3. The maximum atomic E-state index is 12.6. The van der Waals surface area contributed by atoms with E-state index in [9.17, 15) is 24.5 Å². The number of rotatable bonds is 10. The Hall–Kier alpha value is -3.66. The molecular weight excluding hydrogens is 448 g/mol. The Bertz CT molecular complexity index is 1080. The first-order valence-electron chi connectivity index (χ1n) is 10.2. The van der Waals surface area contributed by atoms with Gasteiger partial charge < -0.3 is 9.47 Å². The van der Waals surface area contributed by atoms with Crippen LogP contribution < -0.4 is 4.74 Å². The lowest BCUT2D eigenvalue weighted by molar-refractivity contribution is -0.384. The number of imide groups is 1. The van der Waals surface area contributed by atoms with Crippen LogP contribution in [0.4, 0.5) is 10.5 Å². The van der Waals surface area contributed by atoms with Crippen molar-refractivity contribution in [2.75, 3.05) is 13.2 Å². The van der Waals surface area contributed by atoms with Crippen molar-refractivity contribution in [2.45, 2.75) is 26.4 Å². The van der Waals surface area contributed by atoms with Crippen LogP contribution in [-0.4, -0.2) is 40.1 Å². The Labute approximate surface area is 194 Å². The molecule has 0 bridgehead atoms. The van der Waals surface area contributed by atoms with E-state index in [-0.39, 0.29) is 23.8 Å². The quantitative estimate of drug-likeness (QED) is 0.163. The van der Waals surface area contributed by atoms with Gasteiger partial charge in [-0.2, -0.15) is 0 Å². The van der Waals surface area contributed by atoms with E-state index in [1.165, 1.54) is 12.1 Å². The van der Waals surface area contributed by atoms with Gasteiger partial charge in [-0.1, -0.05) is 25.5 Å². The van der Waals surface area contributed by atoms with Gasteiger partial charge in [0.1, 0.15) is 18.9 Å². The van der Waals surface area contributed by atoms with E-state index in [0.29, 0.717) is 11.3 Å². The molecule has 172 valence electrons. The largest absolute Gasteiger partial charge is 0.489 e. The standard InChI is InChI=1S/C23H22N2O7S/c1-2-3-11-31-21(26)14-24-22(27)20(33-23(24)28)13-17-5-4-6-19(12-17)32-15-16-7-9-18(10-8-16)25(29)30/h4-10,12-13H,2-3,11,14-15H2,1H3/b20-13+. The van der Waals surface area contributed by atoms with Gasteiger partial charge in [0.2, 0.25) is 0 Å². The molecule has 2 aromatic carbocycles. The van der Waals surface area contributed by atoms with Crippen molar-refractivity contribution < 1.29 is 28.8 Å². The number of ether oxygens (including phenoxy) is 2. The van der Waals surface area contributed by atoms with Crippen molar-refractivity contribution in [3.63, 3.8) is 0 Å². The lowest BCUT2D eigenvalue weighted by atomic mass is 10.2. The second kappa shape index (κ2) is 11.3. The zero-order valence-corrected chi connectivity index (χ0v) is 18.7. The number of non-ortho nitro benzene ring substituents is 1. The summed E-state index contributed by atoms with van der Waals surface area (Å²) >= 11 is 0.762. The number of hydrogen-bond acceptors (Lipinski definition) is 8. The fraction of sp³-hybridized carbons (Fsp3) is 0.261. The number of thioether (sulfide) groups is 1. The Balaban J connectivity index is 1.62. The molecule has 2 aromatic rings. The van der Waals surface area contributed by atoms with Gasteiger partial charge in [0.25, 0.3) is 16.8 Å². The zero-order valence-electron chi connectivity index (χ0n) is 17.9. The van der Waals surface area contributed by atoms with Crippen molar-refractivity contribution in [2.24, 2.45) is 0 Å². The third kappa shape index (κ3) is 6.66. The number of nitrogens with zero attached hydrogens (tertiary/aromatic N) is 2. The van der Waals surface area contributed by atoms with E-state index in [0.717, 1.165) is 35.1 Å². The zero-order chi connectivity index (χ0) is 23.8. The summed E-state index contributed by atoms with van der Waals surface area (Å²) in [5.41, 5.74) is 1.41. The third-order valence-corrected chi connectivity index (χ3v) is 5.54. The lowest BCUT2D eigenvalue weighted by Gasteiger charge is -2.11. The Morgan fingerprint density at radius 3 is 2.64 bits per heavy atom. The van der Waals surface area contributed by atoms with Crippen LogP contribution in [0.3, 0.4) is 0 Å². The molecule has 1 saturated heterocycles. The first kappa shape index (κ1) is 24.0. The number of nitro benzene ring substituents is 1. The van der Waals surface area contributed by atoms with Gasteiger partial charge in [-0.05, 0) is 59.7 Å². The molecule has 0 atom stereocenters. The summed E-state index contributed by atoms with van der Waals surface area (Å²) in [5.74, 6) is -0.635. The van der Waals surface area contributed by atoms with Crippen LogP contribution in [-0.2, 0) is 20.9 Å². The summed E-state index contributed by atoms with van der Waals surface area (Å²) in [5, 5.41) is 10.2. The summed E-state index contributed by atoms with van der Waals surface area (Å²) in [6.45, 7) is 2.01. The van der Waals surface area contributed by atoms with E-state index in [2.05, 4.69) is 0 Å². The van der Waals surface area contributed by atoms with Gasteiger partial charge in [0.05, 0.1) is 16.4 Å². The van der Waals surface area contributed by atoms with Crippen molar-refractivity contribution in [3.05, 3.63) is 74.7 Å².